The molecule has 130 valence electrons. The predicted molar refractivity (Wildman–Crippen MR) is 102 cm³/mol. The van der Waals surface area contributed by atoms with Crippen molar-refractivity contribution in [3.8, 4) is 5.75 Å². The molecule has 0 aromatic heterocycles. The number of nitrogens with zero attached hydrogens (tertiary/aromatic N) is 2. The summed E-state index contributed by atoms with van der Waals surface area (Å²) in [5, 5.41) is 3.57. The van der Waals surface area contributed by atoms with Gasteiger partial charge in [-0.05, 0) is 30.7 Å². The first kappa shape index (κ1) is 16.8. The van der Waals surface area contributed by atoms with E-state index in [0.717, 1.165) is 16.9 Å². The number of carbonyl (C=O) groups excluding carboxylic acids is 1. The quantitative estimate of drug-likeness (QED) is 0.586. The molecule has 5 nitrogen and oxygen atoms in total. The zero-order valence-corrected chi connectivity index (χ0v) is 15.4. The number of thiocarbonyl (C=S) groups is 1. The summed E-state index contributed by atoms with van der Waals surface area (Å²) in [5.74, 6) is 0.803. The summed E-state index contributed by atoms with van der Waals surface area (Å²) in [6.07, 6.45) is 3.87. The van der Waals surface area contributed by atoms with Crippen molar-refractivity contribution in [1.29, 1.82) is 0 Å². The number of para-hydroxylation sites is 1. The Morgan fingerprint density at radius 2 is 2.04 bits per heavy atom. The molecule has 3 heterocycles. The highest BCUT2D eigenvalue weighted by molar-refractivity contribution is 8.26. The van der Waals surface area contributed by atoms with Crippen LogP contribution in [0.5, 0.6) is 5.75 Å². The van der Waals surface area contributed by atoms with Crippen molar-refractivity contribution in [3.05, 3.63) is 46.4 Å². The monoisotopic (exact) mass is 374 g/mol. The highest BCUT2D eigenvalue weighted by Crippen LogP contribution is 2.36. The highest BCUT2D eigenvalue weighted by atomic mass is 32.2. The van der Waals surface area contributed by atoms with Gasteiger partial charge >= 0.3 is 0 Å². The van der Waals surface area contributed by atoms with Crippen molar-refractivity contribution in [2.45, 2.75) is 13.0 Å². The summed E-state index contributed by atoms with van der Waals surface area (Å²) in [6.45, 7) is 4.57. The molecule has 1 atom stereocenters. The van der Waals surface area contributed by atoms with Crippen LogP contribution in [0.1, 0.15) is 12.5 Å². The Hall–Kier alpha value is -1.67. The van der Waals surface area contributed by atoms with Gasteiger partial charge in [0.05, 0.1) is 18.1 Å². The number of morpholine rings is 1. The van der Waals surface area contributed by atoms with Crippen molar-refractivity contribution in [3.63, 3.8) is 0 Å². The fraction of sp³-hybridized carbons (Fsp3) is 0.333. The van der Waals surface area contributed by atoms with E-state index in [1.165, 1.54) is 11.8 Å². The summed E-state index contributed by atoms with van der Waals surface area (Å²) in [7, 11) is 0. The molecule has 2 fully saturated rings. The van der Waals surface area contributed by atoms with Gasteiger partial charge < -0.3 is 9.47 Å². The zero-order valence-electron chi connectivity index (χ0n) is 13.8. The van der Waals surface area contributed by atoms with E-state index in [9.17, 15) is 4.79 Å². The highest BCUT2D eigenvalue weighted by Gasteiger charge is 2.37. The number of fused-ring (bicyclic) bond motifs is 1. The maximum absolute atomic E-state index is 12.8. The van der Waals surface area contributed by atoms with Crippen LogP contribution in [0, 0.1) is 0 Å². The second kappa shape index (κ2) is 6.92. The van der Waals surface area contributed by atoms with Crippen molar-refractivity contribution >= 4 is 40.3 Å². The van der Waals surface area contributed by atoms with Crippen molar-refractivity contribution < 1.29 is 14.3 Å². The van der Waals surface area contributed by atoms with Crippen LogP contribution in [-0.2, 0) is 9.53 Å². The van der Waals surface area contributed by atoms with Gasteiger partial charge in [-0.2, -0.15) is 0 Å². The minimum absolute atomic E-state index is 0.0659. The average molecular weight is 374 g/mol. The van der Waals surface area contributed by atoms with E-state index in [1.54, 1.807) is 5.01 Å². The summed E-state index contributed by atoms with van der Waals surface area (Å²) >= 11 is 6.77. The molecule has 3 aliphatic heterocycles. The number of amides is 1. The van der Waals surface area contributed by atoms with Gasteiger partial charge in [0, 0.05) is 18.7 Å². The van der Waals surface area contributed by atoms with Crippen LogP contribution in [0.25, 0.3) is 6.08 Å². The molecular formula is C18H18N2O3S2. The minimum Gasteiger partial charge on any atom is -0.485 e. The maximum Gasteiger partial charge on any atom is 0.280 e. The van der Waals surface area contributed by atoms with Gasteiger partial charge in [0.25, 0.3) is 5.91 Å². The summed E-state index contributed by atoms with van der Waals surface area (Å²) in [6, 6.07) is 7.90. The first-order valence-corrected chi connectivity index (χ1v) is 9.44. The third-order valence-corrected chi connectivity index (χ3v) is 5.64. The van der Waals surface area contributed by atoms with Gasteiger partial charge in [-0.1, -0.05) is 42.2 Å². The van der Waals surface area contributed by atoms with E-state index in [1.807, 2.05) is 42.3 Å². The number of thioether (sulfide) groups is 1. The molecule has 1 amide bonds. The number of ether oxygens (including phenoxy) is 2. The van der Waals surface area contributed by atoms with Gasteiger partial charge in [-0.15, -0.1) is 0 Å². The fourth-order valence-electron chi connectivity index (χ4n) is 3.03. The average Bonchev–Trinajstić information content (AvgIpc) is 2.90. The lowest BCUT2D eigenvalue weighted by Crippen LogP contribution is -2.50. The van der Waals surface area contributed by atoms with Crippen LogP contribution in [0.15, 0.2) is 40.8 Å². The molecule has 0 bridgehead atoms. The van der Waals surface area contributed by atoms with Crippen molar-refractivity contribution in [1.82, 2.24) is 10.0 Å². The smallest absolute Gasteiger partial charge is 0.280 e. The standard InChI is InChI=1S/C18H18N2O3S2/c1-12-14(10-13-4-2-3-5-15(13)23-12)11-16-17(21)20(18(24)25-16)19-6-8-22-9-7-19/h2-5,10-12H,6-9H2,1H3/b16-11+. The zero-order chi connectivity index (χ0) is 17.4. The number of carbonyl (C=O) groups is 1. The molecule has 0 spiro atoms. The second-order valence-corrected chi connectivity index (χ2v) is 7.68. The molecule has 0 radical (unpaired) electrons. The summed E-state index contributed by atoms with van der Waals surface area (Å²) in [5.41, 5.74) is 2.00. The van der Waals surface area contributed by atoms with Crippen molar-refractivity contribution in [2.75, 3.05) is 26.3 Å². The topological polar surface area (TPSA) is 42.0 Å². The van der Waals surface area contributed by atoms with E-state index >= 15 is 0 Å². The molecule has 7 heteroatoms. The summed E-state index contributed by atoms with van der Waals surface area (Å²) < 4.78 is 11.9. The Balaban J connectivity index is 1.60. The van der Waals surface area contributed by atoms with Crippen LogP contribution in [0.2, 0.25) is 0 Å². The Bertz CT molecular complexity index is 784. The van der Waals surface area contributed by atoms with E-state index in [-0.39, 0.29) is 12.0 Å². The Labute approximate surface area is 156 Å². The molecule has 1 aromatic carbocycles. The molecule has 0 aliphatic carbocycles. The Kier molecular flexibility index (Phi) is 4.64. The molecule has 25 heavy (non-hydrogen) atoms. The van der Waals surface area contributed by atoms with Crippen LogP contribution in [0.4, 0.5) is 0 Å². The molecular weight excluding hydrogens is 356 g/mol. The fourth-order valence-corrected chi connectivity index (χ4v) is 4.34. The lowest BCUT2D eigenvalue weighted by atomic mass is 10.0. The molecule has 0 saturated carbocycles. The minimum atomic E-state index is -0.109. The van der Waals surface area contributed by atoms with Gasteiger partial charge in [-0.3, -0.25) is 4.79 Å². The van der Waals surface area contributed by atoms with Crippen LogP contribution >= 0.6 is 24.0 Å². The lowest BCUT2D eigenvalue weighted by Gasteiger charge is -2.33. The van der Waals surface area contributed by atoms with E-state index in [4.69, 9.17) is 21.7 Å². The van der Waals surface area contributed by atoms with Crippen LogP contribution in [-0.4, -0.2) is 52.7 Å². The van der Waals surface area contributed by atoms with Gasteiger partial charge in [0.15, 0.2) is 4.32 Å². The Morgan fingerprint density at radius 1 is 1.28 bits per heavy atom. The predicted octanol–water partition coefficient (Wildman–Crippen LogP) is 2.84. The largest absolute Gasteiger partial charge is 0.485 e. The lowest BCUT2D eigenvalue weighted by molar-refractivity contribution is -0.138. The third kappa shape index (κ3) is 3.25. The molecule has 3 aliphatic rings. The molecule has 4 rings (SSSR count). The SMILES string of the molecule is CC1Oc2ccccc2C=C1/C=C1/SC(=S)N(N2CCOCC2)C1=O. The van der Waals surface area contributed by atoms with Crippen molar-refractivity contribution in [2.24, 2.45) is 0 Å². The summed E-state index contributed by atoms with van der Waals surface area (Å²) in [4.78, 5) is 13.5. The second-order valence-electron chi connectivity index (χ2n) is 6.00. The van der Waals surface area contributed by atoms with Gasteiger partial charge in [-0.25, -0.2) is 10.0 Å². The van der Waals surface area contributed by atoms with Crippen LogP contribution < -0.4 is 4.74 Å². The first-order valence-electron chi connectivity index (χ1n) is 8.21. The molecule has 1 aromatic rings. The number of rotatable bonds is 2. The van der Waals surface area contributed by atoms with E-state index < -0.39 is 0 Å². The number of hydrazine groups is 1. The molecule has 2 saturated heterocycles. The van der Waals surface area contributed by atoms with E-state index in [2.05, 4.69) is 6.08 Å². The molecule has 0 N–H and O–H groups in total. The molecule has 1 unspecified atom stereocenters. The van der Waals surface area contributed by atoms with Crippen LogP contribution in [0.3, 0.4) is 0 Å². The maximum atomic E-state index is 12.8. The normalized spacial score (nSPS) is 25.8. The number of hydrogen-bond acceptors (Lipinski definition) is 6. The van der Waals surface area contributed by atoms with E-state index in [0.29, 0.717) is 35.5 Å². The van der Waals surface area contributed by atoms with Gasteiger partial charge in [0.2, 0.25) is 0 Å². The number of hydrogen-bond donors (Lipinski definition) is 0. The Morgan fingerprint density at radius 3 is 2.84 bits per heavy atom. The van der Waals surface area contributed by atoms with Gasteiger partial charge in [0.1, 0.15) is 11.9 Å². The first-order chi connectivity index (χ1) is 12.1. The number of benzene rings is 1. The third-order valence-electron chi connectivity index (χ3n) is 4.36.